The van der Waals surface area contributed by atoms with Crippen LogP contribution in [0.1, 0.15) is 31.7 Å². The number of benzene rings is 1. The first-order valence-corrected chi connectivity index (χ1v) is 8.96. The van der Waals surface area contributed by atoms with Crippen molar-refractivity contribution >= 4 is 5.96 Å². The number of ether oxygens (including phenoxy) is 1. The second-order valence-corrected chi connectivity index (χ2v) is 6.80. The van der Waals surface area contributed by atoms with Crippen LogP contribution in [0.2, 0.25) is 0 Å². The number of rotatable bonds is 5. The van der Waals surface area contributed by atoms with Crippen molar-refractivity contribution in [2.75, 3.05) is 39.4 Å². The average molecular weight is 315 g/mol. The van der Waals surface area contributed by atoms with Crippen LogP contribution in [0.3, 0.4) is 0 Å². The number of nitrogens with zero attached hydrogens (tertiary/aromatic N) is 2. The zero-order valence-electron chi connectivity index (χ0n) is 14.3. The SMILES string of the molecule is CCNC(=NCCCc1ccccc1)N1CCC2(CCOC2)C1. The number of nitrogens with one attached hydrogen (secondary N) is 1. The van der Waals surface area contributed by atoms with Crippen molar-refractivity contribution in [1.29, 1.82) is 0 Å². The molecule has 4 heteroatoms. The molecule has 1 N–H and O–H groups in total. The summed E-state index contributed by atoms with van der Waals surface area (Å²) in [6.07, 6.45) is 4.64. The van der Waals surface area contributed by atoms with E-state index in [0.717, 1.165) is 58.2 Å². The maximum Gasteiger partial charge on any atom is 0.193 e. The fourth-order valence-electron chi connectivity index (χ4n) is 3.63. The van der Waals surface area contributed by atoms with Gasteiger partial charge in [0.05, 0.1) is 6.61 Å². The molecule has 4 nitrogen and oxygen atoms in total. The van der Waals surface area contributed by atoms with Gasteiger partial charge in [0.15, 0.2) is 5.96 Å². The molecule has 1 unspecified atom stereocenters. The van der Waals surface area contributed by atoms with E-state index < -0.39 is 0 Å². The molecule has 0 aliphatic carbocycles. The van der Waals surface area contributed by atoms with Crippen LogP contribution in [0.4, 0.5) is 0 Å². The summed E-state index contributed by atoms with van der Waals surface area (Å²) in [5.74, 6) is 1.09. The quantitative estimate of drug-likeness (QED) is 0.516. The summed E-state index contributed by atoms with van der Waals surface area (Å²) in [6.45, 7) is 8.01. The maximum atomic E-state index is 5.63. The van der Waals surface area contributed by atoms with E-state index in [9.17, 15) is 0 Å². The smallest absolute Gasteiger partial charge is 0.193 e. The number of aryl methyl sites for hydroxylation is 1. The summed E-state index contributed by atoms with van der Waals surface area (Å²) in [6, 6.07) is 10.7. The summed E-state index contributed by atoms with van der Waals surface area (Å²) >= 11 is 0. The van der Waals surface area contributed by atoms with Crippen LogP contribution < -0.4 is 5.32 Å². The van der Waals surface area contributed by atoms with Gasteiger partial charge in [-0.25, -0.2) is 0 Å². The Kier molecular flexibility index (Phi) is 5.55. The summed E-state index contributed by atoms with van der Waals surface area (Å²) in [5, 5.41) is 3.46. The van der Waals surface area contributed by atoms with E-state index in [1.54, 1.807) is 0 Å². The predicted octanol–water partition coefficient (Wildman–Crippen LogP) is 2.70. The van der Waals surface area contributed by atoms with Crippen LogP contribution in [-0.2, 0) is 11.2 Å². The molecular formula is C19H29N3O. The van der Waals surface area contributed by atoms with Gasteiger partial charge in [-0.1, -0.05) is 30.3 Å². The second-order valence-electron chi connectivity index (χ2n) is 6.80. The van der Waals surface area contributed by atoms with E-state index in [-0.39, 0.29) is 0 Å². The molecule has 1 aromatic rings. The first kappa shape index (κ1) is 16.3. The van der Waals surface area contributed by atoms with E-state index in [2.05, 4.69) is 47.5 Å². The minimum atomic E-state index is 0.389. The Morgan fingerprint density at radius 3 is 2.91 bits per heavy atom. The second kappa shape index (κ2) is 7.82. The van der Waals surface area contributed by atoms with Crippen molar-refractivity contribution in [2.45, 2.75) is 32.6 Å². The molecule has 1 aromatic carbocycles. The first-order valence-electron chi connectivity index (χ1n) is 8.96. The van der Waals surface area contributed by atoms with Gasteiger partial charge in [-0.2, -0.15) is 0 Å². The lowest BCUT2D eigenvalue weighted by molar-refractivity contribution is 0.156. The molecule has 0 amide bonds. The largest absolute Gasteiger partial charge is 0.381 e. The molecule has 0 aromatic heterocycles. The Morgan fingerprint density at radius 2 is 2.17 bits per heavy atom. The van der Waals surface area contributed by atoms with Crippen LogP contribution in [0.25, 0.3) is 0 Å². The minimum Gasteiger partial charge on any atom is -0.381 e. The van der Waals surface area contributed by atoms with Crippen molar-refractivity contribution in [3.63, 3.8) is 0 Å². The van der Waals surface area contributed by atoms with Gasteiger partial charge in [0.1, 0.15) is 0 Å². The maximum absolute atomic E-state index is 5.63. The van der Waals surface area contributed by atoms with Crippen molar-refractivity contribution in [3.8, 4) is 0 Å². The molecule has 2 saturated heterocycles. The topological polar surface area (TPSA) is 36.9 Å². The molecule has 1 atom stereocenters. The highest BCUT2D eigenvalue weighted by atomic mass is 16.5. The normalized spacial score (nSPS) is 24.6. The summed E-state index contributed by atoms with van der Waals surface area (Å²) in [4.78, 5) is 7.29. The number of aliphatic imine (C=N–C) groups is 1. The monoisotopic (exact) mass is 315 g/mol. The van der Waals surface area contributed by atoms with Crippen molar-refractivity contribution in [3.05, 3.63) is 35.9 Å². The molecule has 0 radical (unpaired) electrons. The van der Waals surface area contributed by atoms with Gasteiger partial charge in [0.25, 0.3) is 0 Å². The Morgan fingerprint density at radius 1 is 1.30 bits per heavy atom. The molecule has 0 bridgehead atoms. The van der Waals surface area contributed by atoms with Crippen molar-refractivity contribution in [1.82, 2.24) is 10.2 Å². The third kappa shape index (κ3) is 4.25. The lowest BCUT2D eigenvalue weighted by atomic mass is 9.87. The fourth-order valence-corrected chi connectivity index (χ4v) is 3.63. The fraction of sp³-hybridized carbons (Fsp3) is 0.632. The third-order valence-corrected chi connectivity index (χ3v) is 4.99. The summed E-state index contributed by atoms with van der Waals surface area (Å²) < 4.78 is 5.63. The van der Waals surface area contributed by atoms with E-state index in [1.807, 2.05) is 0 Å². The van der Waals surface area contributed by atoms with Crippen molar-refractivity contribution in [2.24, 2.45) is 10.4 Å². The highest BCUT2D eigenvalue weighted by Crippen LogP contribution is 2.38. The first-order chi connectivity index (χ1) is 11.3. The third-order valence-electron chi connectivity index (χ3n) is 4.99. The highest BCUT2D eigenvalue weighted by molar-refractivity contribution is 5.80. The van der Waals surface area contributed by atoms with Crippen LogP contribution in [-0.4, -0.2) is 50.3 Å². The van der Waals surface area contributed by atoms with E-state index in [1.165, 1.54) is 18.4 Å². The van der Waals surface area contributed by atoms with Crippen LogP contribution in [0.15, 0.2) is 35.3 Å². The highest BCUT2D eigenvalue weighted by Gasteiger charge is 2.42. The molecule has 23 heavy (non-hydrogen) atoms. The Labute approximate surface area is 139 Å². The summed E-state index contributed by atoms with van der Waals surface area (Å²) in [7, 11) is 0. The molecule has 0 saturated carbocycles. The molecular weight excluding hydrogens is 286 g/mol. The number of guanidine groups is 1. The van der Waals surface area contributed by atoms with Gasteiger partial charge in [-0.15, -0.1) is 0 Å². The zero-order chi connectivity index (χ0) is 16.0. The van der Waals surface area contributed by atoms with Gasteiger partial charge < -0.3 is 15.0 Å². The van der Waals surface area contributed by atoms with E-state index in [4.69, 9.17) is 9.73 Å². The van der Waals surface area contributed by atoms with Gasteiger partial charge in [0, 0.05) is 38.2 Å². The average Bonchev–Trinajstić information content (AvgIpc) is 3.22. The standard InChI is InChI=1S/C19H29N3O/c1-2-20-18(21-12-6-9-17-7-4-3-5-8-17)22-13-10-19(15-22)11-14-23-16-19/h3-5,7-8H,2,6,9-16H2,1H3,(H,20,21). The van der Waals surface area contributed by atoms with Crippen LogP contribution in [0.5, 0.6) is 0 Å². The Balaban J connectivity index is 1.51. The number of hydrogen-bond donors (Lipinski definition) is 1. The molecule has 2 aliphatic heterocycles. The van der Waals surface area contributed by atoms with E-state index in [0.29, 0.717) is 5.41 Å². The number of likely N-dealkylation sites (tertiary alicyclic amines) is 1. The Bertz CT molecular complexity index is 509. The van der Waals surface area contributed by atoms with Gasteiger partial charge in [0.2, 0.25) is 0 Å². The zero-order valence-corrected chi connectivity index (χ0v) is 14.3. The van der Waals surface area contributed by atoms with Crippen LogP contribution in [0, 0.1) is 5.41 Å². The molecule has 2 aliphatic rings. The van der Waals surface area contributed by atoms with Crippen LogP contribution >= 0.6 is 0 Å². The number of hydrogen-bond acceptors (Lipinski definition) is 2. The predicted molar refractivity (Wildman–Crippen MR) is 94.8 cm³/mol. The summed E-state index contributed by atoms with van der Waals surface area (Å²) in [5.41, 5.74) is 1.79. The van der Waals surface area contributed by atoms with Gasteiger partial charge >= 0.3 is 0 Å². The lowest BCUT2D eigenvalue weighted by Gasteiger charge is -2.25. The lowest BCUT2D eigenvalue weighted by Crippen LogP contribution is -2.41. The van der Waals surface area contributed by atoms with E-state index >= 15 is 0 Å². The molecule has 126 valence electrons. The van der Waals surface area contributed by atoms with Gasteiger partial charge in [-0.3, -0.25) is 4.99 Å². The molecule has 1 spiro atoms. The molecule has 2 fully saturated rings. The van der Waals surface area contributed by atoms with Crippen molar-refractivity contribution < 1.29 is 4.74 Å². The molecule has 2 heterocycles. The molecule has 3 rings (SSSR count). The Hall–Kier alpha value is -1.55. The van der Waals surface area contributed by atoms with Gasteiger partial charge in [-0.05, 0) is 38.2 Å². The minimum absolute atomic E-state index is 0.389.